The van der Waals surface area contributed by atoms with Crippen molar-refractivity contribution in [2.45, 2.75) is 13.0 Å². The van der Waals surface area contributed by atoms with Crippen molar-refractivity contribution >= 4 is 54.6 Å². The molecule has 1 heterocycles. The van der Waals surface area contributed by atoms with Crippen LogP contribution in [0.4, 0.5) is 5.69 Å². The number of hydrogen-bond acceptors (Lipinski definition) is 2. The average Bonchev–Trinajstić information content (AvgIpc) is 2.87. The van der Waals surface area contributed by atoms with Gasteiger partial charge in [-0.15, -0.1) is 11.3 Å². The van der Waals surface area contributed by atoms with Crippen LogP contribution in [0, 0.1) is 0 Å². The Hall–Kier alpha value is -1.03. The quantitative estimate of drug-likeness (QED) is 0.558. The van der Waals surface area contributed by atoms with E-state index in [1.165, 1.54) is 15.0 Å². The van der Waals surface area contributed by atoms with Crippen LogP contribution in [0.3, 0.4) is 0 Å². The molecule has 3 rings (SSSR count). The Balaban J connectivity index is 1.88. The van der Waals surface area contributed by atoms with E-state index in [2.05, 4.69) is 58.5 Å². The second-order valence-corrected chi connectivity index (χ2v) is 7.12. The van der Waals surface area contributed by atoms with Crippen molar-refractivity contribution in [3.05, 3.63) is 62.9 Å². The molecule has 2 aromatic carbocycles. The van der Waals surface area contributed by atoms with Crippen LogP contribution in [0.1, 0.15) is 17.8 Å². The highest BCUT2D eigenvalue weighted by atomic mass is 79.9. The molecule has 0 aliphatic carbocycles. The molecule has 0 fully saturated rings. The van der Waals surface area contributed by atoms with Crippen molar-refractivity contribution in [3.63, 3.8) is 0 Å². The van der Waals surface area contributed by atoms with E-state index in [1.54, 1.807) is 0 Å². The lowest BCUT2D eigenvalue weighted by Crippen LogP contribution is -2.05. The molecule has 1 atom stereocenters. The molecule has 0 radical (unpaired) electrons. The molecule has 1 N–H and O–H groups in total. The zero-order chi connectivity index (χ0) is 14.1. The molecule has 102 valence electrons. The van der Waals surface area contributed by atoms with E-state index in [1.807, 2.05) is 29.5 Å². The van der Waals surface area contributed by atoms with Gasteiger partial charge in [-0.2, -0.15) is 0 Å². The third-order valence-electron chi connectivity index (χ3n) is 3.17. The first-order valence-corrected chi connectivity index (χ1v) is 8.32. The lowest BCUT2D eigenvalue weighted by atomic mass is 10.2. The third-order valence-corrected chi connectivity index (χ3v) is 5.29. The van der Waals surface area contributed by atoms with Crippen molar-refractivity contribution < 1.29 is 0 Å². The van der Waals surface area contributed by atoms with Gasteiger partial charge in [-0.1, -0.05) is 45.7 Å². The monoisotopic (exact) mass is 365 g/mol. The Kier molecular flexibility index (Phi) is 4.01. The predicted octanol–water partition coefficient (Wildman–Crippen LogP) is 6.49. The van der Waals surface area contributed by atoms with Gasteiger partial charge in [0, 0.05) is 14.0 Å². The van der Waals surface area contributed by atoms with Gasteiger partial charge in [0.05, 0.1) is 16.8 Å². The van der Waals surface area contributed by atoms with E-state index in [0.717, 1.165) is 15.2 Å². The first-order valence-electron chi connectivity index (χ1n) is 6.33. The normalized spacial score (nSPS) is 12.6. The molecule has 0 spiro atoms. The number of fused-ring (bicyclic) bond motifs is 1. The molecule has 0 aliphatic heterocycles. The van der Waals surface area contributed by atoms with E-state index < -0.39 is 0 Å². The van der Waals surface area contributed by atoms with Gasteiger partial charge >= 0.3 is 0 Å². The Bertz CT molecular complexity index is 720. The summed E-state index contributed by atoms with van der Waals surface area (Å²) >= 11 is 11.5. The summed E-state index contributed by atoms with van der Waals surface area (Å²) in [4.78, 5) is 1.31. The number of benzene rings is 2. The van der Waals surface area contributed by atoms with Gasteiger partial charge in [0.25, 0.3) is 0 Å². The minimum Gasteiger partial charge on any atom is -0.376 e. The Morgan fingerprint density at radius 2 is 1.95 bits per heavy atom. The fourth-order valence-electron chi connectivity index (χ4n) is 2.13. The number of halogens is 2. The molecule has 3 aromatic rings. The van der Waals surface area contributed by atoms with Crippen LogP contribution < -0.4 is 5.32 Å². The highest BCUT2D eigenvalue weighted by molar-refractivity contribution is 9.10. The summed E-state index contributed by atoms with van der Waals surface area (Å²) in [5.74, 6) is 0. The average molecular weight is 367 g/mol. The summed E-state index contributed by atoms with van der Waals surface area (Å²) in [6.45, 7) is 2.15. The van der Waals surface area contributed by atoms with E-state index in [9.17, 15) is 0 Å². The highest BCUT2D eigenvalue weighted by Gasteiger charge is 2.11. The molecular weight excluding hydrogens is 354 g/mol. The summed E-state index contributed by atoms with van der Waals surface area (Å²) in [6, 6.07) is 16.8. The van der Waals surface area contributed by atoms with E-state index in [-0.39, 0.29) is 6.04 Å². The second-order valence-electron chi connectivity index (χ2n) is 4.68. The summed E-state index contributed by atoms with van der Waals surface area (Å²) in [5.41, 5.74) is 0.950. The molecule has 1 aromatic heterocycles. The summed E-state index contributed by atoms with van der Waals surface area (Å²) in [7, 11) is 0. The van der Waals surface area contributed by atoms with Crippen molar-refractivity contribution in [2.75, 3.05) is 5.32 Å². The minimum atomic E-state index is 0.221. The van der Waals surface area contributed by atoms with Gasteiger partial charge in [0.15, 0.2) is 0 Å². The van der Waals surface area contributed by atoms with Crippen LogP contribution >= 0.6 is 38.9 Å². The SMILES string of the molecule is CC(Nc1cc(Br)ccc1Cl)c1cc2ccccc2s1. The van der Waals surface area contributed by atoms with E-state index in [0.29, 0.717) is 0 Å². The highest BCUT2D eigenvalue weighted by Crippen LogP contribution is 2.33. The molecular formula is C16H13BrClNS. The molecule has 1 nitrogen and oxygen atoms in total. The number of anilines is 1. The molecule has 0 saturated carbocycles. The van der Waals surface area contributed by atoms with Gasteiger partial charge < -0.3 is 5.32 Å². The van der Waals surface area contributed by atoms with Gasteiger partial charge in [-0.05, 0) is 42.6 Å². The summed E-state index contributed by atoms with van der Waals surface area (Å²) in [6.07, 6.45) is 0. The number of rotatable bonds is 3. The molecule has 0 amide bonds. The minimum absolute atomic E-state index is 0.221. The summed E-state index contributed by atoms with van der Waals surface area (Å²) in [5, 5.41) is 5.51. The van der Waals surface area contributed by atoms with Crippen LogP contribution in [-0.4, -0.2) is 0 Å². The Morgan fingerprint density at radius 1 is 1.15 bits per heavy atom. The van der Waals surface area contributed by atoms with Gasteiger partial charge in [-0.25, -0.2) is 0 Å². The molecule has 0 aliphatic rings. The van der Waals surface area contributed by atoms with Crippen molar-refractivity contribution in [3.8, 4) is 0 Å². The zero-order valence-electron chi connectivity index (χ0n) is 10.9. The fraction of sp³-hybridized carbons (Fsp3) is 0.125. The van der Waals surface area contributed by atoms with Crippen LogP contribution in [0.15, 0.2) is 53.0 Å². The lowest BCUT2D eigenvalue weighted by molar-refractivity contribution is 0.909. The lowest BCUT2D eigenvalue weighted by Gasteiger charge is -2.15. The molecule has 20 heavy (non-hydrogen) atoms. The maximum atomic E-state index is 6.23. The molecule has 1 unspecified atom stereocenters. The number of hydrogen-bond donors (Lipinski definition) is 1. The Morgan fingerprint density at radius 3 is 2.75 bits per heavy atom. The number of nitrogens with one attached hydrogen (secondary N) is 1. The van der Waals surface area contributed by atoms with Gasteiger partial charge in [0.2, 0.25) is 0 Å². The largest absolute Gasteiger partial charge is 0.376 e. The third kappa shape index (κ3) is 2.85. The predicted molar refractivity (Wildman–Crippen MR) is 93.0 cm³/mol. The molecule has 0 saturated heterocycles. The topological polar surface area (TPSA) is 12.0 Å². The second kappa shape index (κ2) is 5.76. The van der Waals surface area contributed by atoms with Crippen LogP contribution in [0.5, 0.6) is 0 Å². The standard InChI is InChI=1S/C16H13BrClNS/c1-10(19-14-9-12(17)6-7-13(14)18)16-8-11-4-2-3-5-15(11)20-16/h2-10,19H,1H3. The zero-order valence-corrected chi connectivity index (χ0v) is 14.0. The first-order chi connectivity index (χ1) is 9.63. The maximum Gasteiger partial charge on any atom is 0.0638 e. The fourth-order valence-corrected chi connectivity index (χ4v) is 3.73. The van der Waals surface area contributed by atoms with Crippen LogP contribution in [0.2, 0.25) is 5.02 Å². The van der Waals surface area contributed by atoms with Crippen LogP contribution in [0.25, 0.3) is 10.1 Å². The van der Waals surface area contributed by atoms with E-state index >= 15 is 0 Å². The maximum absolute atomic E-state index is 6.23. The summed E-state index contributed by atoms with van der Waals surface area (Å²) < 4.78 is 2.34. The van der Waals surface area contributed by atoms with E-state index in [4.69, 9.17) is 11.6 Å². The molecule has 0 bridgehead atoms. The number of thiophene rings is 1. The molecule has 4 heteroatoms. The van der Waals surface area contributed by atoms with Gasteiger partial charge in [0.1, 0.15) is 0 Å². The van der Waals surface area contributed by atoms with Crippen molar-refractivity contribution in [1.82, 2.24) is 0 Å². The van der Waals surface area contributed by atoms with Crippen molar-refractivity contribution in [1.29, 1.82) is 0 Å². The van der Waals surface area contributed by atoms with Crippen molar-refractivity contribution in [2.24, 2.45) is 0 Å². The smallest absolute Gasteiger partial charge is 0.0638 e. The first kappa shape index (κ1) is 13.9. The van der Waals surface area contributed by atoms with Crippen LogP contribution in [-0.2, 0) is 0 Å². The van der Waals surface area contributed by atoms with Gasteiger partial charge in [-0.3, -0.25) is 0 Å². The Labute approximate surface area is 135 Å².